The van der Waals surface area contributed by atoms with E-state index in [1.54, 1.807) is 0 Å². The highest BCUT2D eigenvalue weighted by Crippen LogP contribution is 2.39. The second kappa shape index (κ2) is 5.83. The molecule has 1 fully saturated rings. The molecule has 2 N–H and O–H groups in total. The minimum atomic E-state index is 0.170. The zero-order valence-electron chi connectivity index (χ0n) is 11.9. The fraction of sp³-hybridized carbons (Fsp3) is 0.688. The number of aryl methyl sites for hydroxylation is 2. The molecule has 0 saturated heterocycles. The summed E-state index contributed by atoms with van der Waals surface area (Å²) in [6.07, 6.45) is 6.62. The minimum absolute atomic E-state index is 0.170. The lowest BCUT2D eigenvalue weighted by molar-refractivity contribution is 0.196. The van der Waals surface area contributed by atoms with Crippen LogP contribution in [0.3, 0.4) is 0 Å². The average molecular weight is 246 g/mol. The van der Waals surface area contributed by atoms with Crippen LogP contribution in [0.15, 0.2) is 12.1 Å². The van der Waals surface area contributed by atoms with E-state index < -0.39 is 0 Å². The Morgan fingerprint density at radius 2 is 2.00 bits per heavy atom. The second-order valence-electron chi connectivity index (χ2n) is 5.77. The first kappa shape index (κ1) is 13.5. The molecule has 3 atom stereocenters. The number of pyridine rings is 1. The third kappa shape index (κ3) is 2.74. The summed E-state index contributed by atoms with van der Waals surface area (Å²) in [5.41, 5.74) is 10.00. The molecule has 1 aromatic heterocycles. The third-order valence-electron chi connectivity index (χ3n) is 4.58. The smallest absolute Gasteiger partial charge is 0.0423 e. The van der Waals surface area contributed by atoms with E-state index in [0.717, 1.165) is 17.3 Å². The van der Waals surface area contributed by atoms with Crippen LogP contribution in [-0.2, 0) is 0 Å². The lowest BCUT2D eigenvalue weighted by Crippen LogP contribution is -2.31. The number of hydrogen-bond donors (Lipinski definition) is 1. The van der Waals surface area contributed by atoms with E-state index >= 15 is 0 Å². The summed E-state index contributed by atoms with van der Waals surface area (Å²) < 4.78 is 0. The summed E-state index contributed by atoms with van der Waals surface area (Å²) in [7, 11) is 0. The van der Waals surface area contributed by atoms with E-state index in [2.05, 4.69) is 31.0 Å². The highest BCUT2D eigenvalue weighted by Gasteiger charge is 2.30. The van der Waals surface area contributed by atoms with Crippen LogP contribution in [0.2, 0.25) is 0 Å². The van der Waals surface area contributed by atoms with Crippen molar-refractivity contribution in [1.29, 1.82) is 0 Å². The van der Waals surface area contributed by atoms with Crippen LogP contribution >= 0.6 is 0 Å². The number of aromatic nitrogens is 1. The van der Waals surface area contributed by atoms with Gasteiger partial charge in [-0.2, -0.15) is 0 Å². The van der Waals surface area contributed by atoms with Crippen LogP contribution in [0.1, 0.15) is 62.0 Å². The Morgan fingerprint density at radius 1 is 1.28 bits per heavy atom. The van der Waals surface area contributed by atoms with E-state index in [-0.39, 0.29) is 6.04 Å². The van der Waals surface area contributed by atoms with Crippen molar-refractivity contribution in [3.05, 3.63) is 29.1 Å². The Balaban J connectivity index is 2.20. The zero-order chi connectivity index (χ0) is 13.1. The first-order chi connectivity index (χ1) is 8.63. The van der Waals surface area contributed by atoms with Gasteiger partial charge in [0.2, 0.25) is 0 Å². The van der Waals surface area contributed by atoms with Gasteiger partial charge < -0.3 is 5.73 Å². The van der Waals surface area contributed by atoms with Gasteiger partial charge in [0.05, 0.1) is 0 Å². The first-order valence-corrected chi connectivity index (χ1v) is 7.33. The number of nitrogens with zero attached hydrogens (tertiary/aromatic N) is 1. The van der Waals surface area contributed by atoms with Crippen molar-refractivity contribution in [2.24, 2.45) is 17.6 Å². The van der Waals surface area contributed by atoms with E-state index in [1.807, 2.05) is 6.92 Å². The van der Waals surface area contributed by atoms with Crippen molar-refractivity contribution in [1.82, 2.24) is 4.98 Å². The molecular formula is C16H26N2. The van der Waals surface area contributed by atoms with Crippen molar-refractivity contribution in [2.45, 2.75) is 58.9 Å². The van der Waals surface area contributed by atoms with Gasteiger partial charge in [0.1, 0.15) is 0 Å². The standard InChI is InChI=1S/C16H26N2/c1-4-13-7-5-6-8-15(13)16(17)14-10-9-11(2)18-12(14)3/h9-10,13,15-16H,4-8,17H2,1-3H3. The first-order valence-electron chi connectivity index (χ1n) is 7.33. The Bertz CT molecular complexity index is 400. The molecule has 0 amide bonds. The minimum Gasteiger partial charge on any atom is -0.324 e. The van der Waals surface area contributed by atoms with Gasteiger partial charge in [-0.3, -0.25) is 4.98 Å². The van der Waals surface area contributed by atoms with Crippen molar-refractivity contribution in [3.63, 3.8) is 0 Å². The predicted molar refractivity (Wildman–Crippen MR) is 76.4 cm³/mol. The fourth-order valence-electron chi connectivity index (χ4n) is 3.50. The van der Waals surface area contributed by atoms with Crippen LogP contribution in [0, 0.1) is 25.7 Å². The van der Waals surface area contributed by atoms with Gasteiger partial charge in [-0.05, 0) is 43.7 Å². The summed E-state index contributed by atoms with van der Waals surface area (Å²) >= 11 is 0. The zero-order valence-corrected chi connectivity index (χ0v) is 11.9. The van der Waals surface area contributed by atoms with Crippen LogP contribution in [-0.4, -0.2) is 4.98 Å². The summed E-state index contributed by atoms with van der Waals surface area (Å²) in [6.45, 7) is 6.43. The number of hydrogen-bond acceptors (Lipinski definition) is 2. The van der Waals surface area contributed by atoms with Gasteiger partial charge in [0.25, 0.3) is 0 Å². The van der Waals surface area contributed by atoms with Gasteiger partial charge in [0.15, 0.2) is 0 Å². The van der Waals surface area contributed by atoms with Crippen molar-refractivity contribution < 1.29 is 0 Å². The van der Waals surface area contributed by atoms with E-state index in [4.69, 9.17) is 5.73 Å². The topological polar surface area (TPSA) is 38.9 Å². The molecule has 0 spiro atoms. The molecule has 2 heteroatoms. The monoisotopic (exact) mass is 246 g/mol. The Morgan fingerprint density at radius 3 is 2.67 bits per heavy atom. The Hall–Kier alpha value is -0.890. The largest absolute Gasteiger partial charge is 0.324 e. The molecule has 1 aliphatic carbocycles. The lowest BCUT2D eigenvalue weighted by Gasteiger charge is -2.35. The molecule has 1 saturated carbocycles. The molecule has 1 aliphatic rings. The van der Waals surface area contributed by atoms with Gasteiger partial charge in [0, 0.05) is 17.4 Å². The Labute approximate surface area is 111 Å². The maximum atomic E-state index is 6.55. The van der Waals surface area contributed by atoms with Gasteiger partial charge >= 0.3 is 0 Å². The summed E-state index contributed by atoms with van der Waals surface area (Å²) in [4.78, 5) is 4.56. The molecular weight excluding hydrogens is 220 g/mol. The van der Waals surface area contributed by atoms with E-state index in [9.17, 15) is 0 Å². The maximum absolute atomic E-state index is 6.55. The summed E-state index contributed by atoms with van der Waals surface area (Å²) in [6, 6.07) is 4.44. The maximum Gasteiger partial charge on any atom is 0.0423 e. The second-order valence-corrected chi connectivity index (χ2v) is 5.77. The van der Waals surface area contributed by atoms with Crippen molar-refractivity contribution in [3.8, 4) is 0 Å². The molecule has 0 bridgehead atoms. The van der Waals surface area contributed by atoms with Crippen molar-refractivity contribution in [2.75, 3.05) is 0 Å². The molecule has 1 aromatic rings. The summed E-state index contributed by atoms with van der Waals surface area (Å²) in [5.74, 6) is 1.45. The Kier molecular flexibility index (Phi) is 4.39. The average Bonchev–Trinajstić information content (AvgIpc) is 2.38. The highest BCUT2D eigenvalue weighted by molar-refractivity contribution is 5.25. The van der Waals surface area contributed by atoms with Crippen LogP contribution in [0.5, 0.6) is 0 Å². The van der Waals surface area contributed by atoms with Gasteiger partial charge in [-0.25, -0.2) is 0 Å². The molecule has 0 radical (unpaired) electrons. The summed E-state index contributed by atoms with van der Waals surface area (Å²) in [5, 5.41) is 0. The number of nitrogens with two attached hydrogens (primary N) is 1. The molecule has 18 heavy (non-hydrogen) atoms. The van der Waals surface area contributed by atoms with E-state index in [1.165, 1.54) is 37.7 Å². The van der Waals surface area contributed by atoms with Crippen LogP contribution in [0.25, 0.3) is 0 Å². The molecule has 3 unspecified atom stereocenters. The molecule has 1 heterocycles. The molecule has 0 aromatic carbocycles. The molecule has 2 nitrogen and oxygen atoms in total. The normalized spacial score (nSPS) is 26.0. The van der Waals surface area contributed by atoms with E-state index in [0.29, 0.717) is 5.92 Å². The SMILES string of the molecule is CCC1CCCCC1C(N)c1ccc(C)nc1C. The fourth-order valence-corrected chi connectivity index (χ4v) is 3.50. The van der Waals surface area contributed by atoms with Gasteiger partial charge in [-0.1, -0.05) is 38.7 Å². The molecule has 100 valence electrons. The quantitative estimate of drug-likeness (QED) is 0.878. The van der Waals surface area contributed by atoms with Crippen LogP contribution in [0.4, 0.5) is 0 Å². The molecule has 0 aliphatic heterocycles. The highest BCUT2D eigenvalue weighted by atomic mass is 14.7. The molecule has 2 rings (SSSR count). The van der Waals surface area contributed by atoms with Crippen LogP contribution < -0.4 is 5.73 Å². The third-order valence-corrected chi connectivity index (χ3v) is 4.58. The lowest BCUT2D eigenvalue weighted by atomic mass is 9.72. The number of rotatable bonds is 3. The predicted octanol–water partition coefficient (Wildman–Crippen LogP) is 3.91. The van der Waals surface area contributed by atoms with Gasteiger partial charge in [-0.15, -0.1) is 0 Å². The van der Waals surface area contributed by atoms with Crippen molar-refractivity contribution >= 4 is 0 Å².